The van der Waals surface area contributed by atoms with E-state index in [0.29, 0.717) is 19.5 Å². The number of rotatable bonds is 5. The van der Waals surface area contributed by atoms with Gasteiger partial charge in [0, 0.05) is 44.3 Å². The highest BCUT2D eigenvalue weighted by molar-refractivity contribution is 5.78. The summed E-state index contributed by atoms with van der Waals surface area (Å²) < 4.78 is 0. The van der Waals surface area contributed by atoms with Gasteiger partial charge in [0.15, 0.2) is 0 Å². The summed E-state index contributed by atoms with van der Waals surface area (Å²) in [6, 6.07) is 5.62. The minimum atomic E-state index is -0.948. The van der Waals surface area contributed by atoms with Crippen molar-refractivity contribution in [3.63, 3.8) is 0 Å². The van der Waals surface area contributed by atoms with Crippen LogP contribution in [0, 0.1) is 6.92 Å². The van der Waals surface area contributed by atoms with Crippen LogP contribution in [0.5, 0.6) is 0 Å². The van der Waals surface area contributed by atoms with Crippen molar-refractivity contribution in [2.75, 3.05) is 31.6 Å². The zero-order valence-electron chi connectivity index (χ0n) is 15.3. The SMILES string of the molecule is Cc1cc(N2CCC[C@](O)(CN(C)C(=O)Cc3cccnc3)C2)ncn1. The molecule has 26 heavy (non-hydrogen) atoms. The molecule has 0 spiro atoms. The van der Waals surface area contributed by atoms with Crippen LogP contribution in [-0.2, 0) is 11.2 Å². The summed E-state index contributed by atoms with van der Waals surface area (Å²) in [5.74, 6) is 0.793. The summed E-state index contributed by atoms with van der Waals surface area (Å²) >= 11 is 0. The van der Waals surface area contributed by atoms with Crippen LogP contribution >= 0.6 is 0 Å². The first-order valence-electron chi connectivity index (χ1n) is 8.84. The third kappa shape index (κ3) is 4.54. The Balaban J connectivity index is 1.63. The Morgan fingerprint density at radius 1 is 1.42 bits per heavy atom. The van der Waals surface area contributed by atoms with Gasteiger partial charge in [0.1, 0.15) is 12.1 Å². The van der Waals surface area contributed by atoms with Crippen LogP contribution in [0.4, 0.5) is 5.82 Å². The van der Waals surface area contributed by atoms with Gasteiger partial charge in [0.05, 0.1) is 18.6 Å². The number of aryl methyl sites for hydroxylation is 1. The molecule has 1 aliphatic rings. The van der Waals surface area contributed by atoms with E-state index in [1.54, 1.807) is 30.7 Å². The number of carbonyl (C=O) groups excluding carboxylic acids is 1. The first-order chi connectivity index (χ1) is 12.5. The van der Waals surface area contributed by atoms with Crippen LogP contribution in [0.2, 0.25) is 0 Å². The zero-order valence-corrected chi connectivity index (χ0v) is 15.3. The van der Waals surface area contributed by atoms with Crippen molar-refractivity contribution >= 4 is 11.7 Å². The minimum absolute atomic E-state index is 0.0265. The molecule has 0 unspecified atom stereocenters. The Kier molecular flexibility index (Phi) is 5.46. The second kappa shape index (κ2) is 7.78. The Bertz CT molecular complexity index is 755. The lowest BCUT2D eigenvalue weighted by atomic mass is 9.92. The number of amides is 1. The molecule has 7 heteroatoms. The third-order valence-corrected chi connectivity index (χ3v) is 4.70. The van der Waals surface area contributed by atoms with Gasteiger partial charge in [0.2, 0.25) is 5.91 Å². The molecule has 2 aromatic rings. The van der Waals surface area contributed by atoms with E-state index in [1.165, 1.54) is 0 Å². The summed E-state index contributed by atoms with van der Waals surface area (Å²) in [5, 5.41) is 11.1. The molecule has 0 saturated carbocycles. The molecule has 2 aromatic heterocycles. The Morgan fingerprint density at radius 3 is 3.00 bits per heavy atom. The number of hydrogen-bond donors (Lipinski definition) is 1. The number of aromatic nitrogens is 3. The van der Waals surface area contributed by atoms with E-state index >= 15 is 0 Å². The van der Waals surface area contributed by atoms with Crippen molar-refractivity contribution in [3.05, 3.63) is 48.2 Å². The number of aliphatic hydroxyl groups is 1. The molecule has 1 fully saturated rings. The van der Waals surface area contributed by atoms with E-state index in [4.69, 9.17) is 0 Å². The second-order valence-corrected chi connectivity index (χ2v) is 7.05. The molecule has 0 radical (unpaired) electrons. The van der Waals surface area contributed by atoms with Gasteiger partial charge in [-0.3, -0.25) is 9.78 Å². The largest absolute Gasteiger partial charge is 0.386 e. The smallest absolute Gasteiger partial charge is 0.226 e. The van der Waals surface area contributed by atoms with E-state index < -0.39 is 5.60 Å². The van der Waals surface area contributed by atoms with Gasteiger partial charge in [-0.1, -0.05) is 6.07 Å². The number of hydrogen-bond acceptors (Lipinski definition) is 6. The molecule has 0 aromatic carbocycles. The number of anilines is 1. The highest BCUT2D eigenvalue weighted by Crippen LogP contribution is 2.25. The number of carbonyl (C=O) groups is 1. The molecule has 1 aliphatic heterocycles. The van der Waals surface area contributed by atoms with E-state index in [-0.39, 0.29) is 12.3 Å². The lowest BCUT2D eigenvalue weighted by Crippen LogP contribution is -2.55. The molecule has 1 N–H and O–H groups in total. The summed E-state index contributed by atoms with van der Waals surface area (Å²) in [6.45, 7) is 3.51. The number of nitrogens with zero attached hydrogens (tertiary/aromatic N) is 5. The zero-order chi connectivity index (χ0) is 18.6. The molecule has 1 atom stereocenters. The molecule has 3 heterocycles. The van der Waals surface area contributed by atoms with Crippen LogP contribution < -0.4 is 4.90 Å². The fourth-order valence-corrected chi connectivity index (χ4v) is 3.39. The molecular weight excluding hydrogens is 330 g/mol. The second-order valence-electron chi connectivity index (χ2n) is 7.05. The minimum Gasteiger partial charge on any atom is -0.386 e. The topological polar surface area (TPSA) is 82.5 Å². The van der Waals surface area contributed by atoms with Crippen LogP contribution in [0.3, 0.4) is 0 Å². The molecule has 7 nitrogen and oxygen atoms in total. The molecule has 1 saturated heterocycles. The monoisotopic (exact) mass is 355 g/mol. The standard InChI is InChI=1S/C19H25N5O2/c1-15-9-17(22-14-21-15)24-8-4-6-19(26,13-24)12-23(2)18(25)10-16-5-3-7-20-11-16/h3,5,7,9,11,14,26H,4,6,8,10,12-13H2,1-2H3/t19-/m0/s1. The van der Waals surface area contributed by atoms with E-state index in [2.05, 4.69) is 19.9 Å². The maximum Gasteiger partial charge on any atom is 0.226 e. The number of pyridine rings is 1. The number of piperidine rings is 1. The van der Waals surface area contributed by atoms with Crippen molar-refractivity contribution in [1.82, 2.24) is 19.9 Å². The van der Waals surface area contributed by atoms with Gasteiger partial charge >= 0.3 is 0 Å². The van der Waals surface area contributed by atoms with Gasteiger partial charge in [-0.15, -0.1) is 0 Å². The van der Waals surface area contributed by atoms with Crippen LogP contribution in [0.15, 0.2) is 36.9 Å². The van der Waals surface area contributed by atoms with Crippen LogP contribution in [-0.4, -0.2) is 63.1 Å². The van der Waals surface area contributed by atoms with Crippen LogP contribution in [0.25, 0.3) is 0 Å². The van der Waals surface area contributed by atoms with Gasteiger partial charge in [-0.2, -0.15) is 0 Å². The Labute approximate surface area is 153 Å². The molecule has 3 rings (SSSR count). The summed E-state index contributed by atoms with van der Waals surface area (Å²) in [7, 11) is 1.74. The van der Waals surface area contributed by atoms with E-state index in [0.717, 1.165) is 30.0 Å². The predicted octanol–water partition coefficient (Wildman–Crippen LogP) is 1.21. The lowest BCUT2D eigenvalue weighted by molar-refractivity contribution is -0.132. The fraction of sp³-hybridized carbons (Fsp3) is 0.474. The number of likely N-dealkylation sites (N-methyl/N-ethyl adjacent to an activating group) is 1. The van der Waals surface area contributed by atoms with Crippen molar-refractivity contribution in [2.24, 2.45) is 0 Å². The molecular formula is C19H25N5O2. The van der Waals surface area contributed by atoms with Gasteiger partial charge in [-0.25, -0.2) is 9.97 Å². The van der Waals surface area contributed by atoms with Crippen molar-refractivity contribution < 1.29 is 9.90 Å². The third-order valence-electron chi connectivity index (χ3n) is 4.70. The highest BCUT2D eigenvalue weighted by atomic mass is 16.3. The van der Waals surface area contributed by atoms with Gasteiger partial charge in [-0.05, 0) is 31.4 Å². The fourth-order valence-electron chi connectivity index (χ4n) is 3.39. The van der Waals surface area contributed by atoms with E-state index in [9.17, 15) is 9.90 Å². The quantitative estimate of drug-likeness (QED) is 0.868. The maximum absolute atomic E-state index is 12.5. The Morgan fingerprint density at radius 2 is 2.27 bits per heavy atom. The predicted molar refractivity (Wildman–Crippen MR) is 98.7 cm³/mol. The average molecular weight is 355 g/mol. The first-order valence-corrected chi connectivity index (χ1v) is 8.84. The summed E-state index contributed by atoms with van der Waals surface area (Å²) in [6.07, 6.45) is 6.73. The highest BCUT2D eigenvalue weighted by Gasteiger charge is 2.35. The van der Waals surface area contributed by atoms with Crippen molar-refractivity contribution in [3.8, 4) is 0 Å². The van der Waals surface area contributed by atoms with Gasteiger partial charge < -0.3 is 14.9 Å². The summed E-state index contributed by atoms with van der Waals surface area (Å²) in [5.41, 5.74) is 0.821. The number of β-amino-alcohol motifs (C(OH)–C–C–N with tert-alkyl or cyclic N) is 1. The maximum atomic E-state index is 12.5. The van der Waals surface area contributed by atoms with Crippen molar-refractivity contribution in [2.45, 2.75) is 31.8 Å². The Hall–Kier alpha value is -2.54. The van der Waals surface area contributed by atoms with Crippen molar-refractivity contribution in [1.29, 1.82) is 0 Å². The average Bonchev–Trinajstić information content (AvgIpc) is 2.62. The van der Waals surface area contributed by atoms with E-state index in [1.807, 2.05) is 25.1 Å². The van der Waals surface area contributed by atoms with Gasteiger partial charge in [0.25, 0.3) is 0 Å². The molecule has 0 bridgehead atoms. The lowest BCUT2D eigenvalue weighted by Gasteiger charge is -2.41. The van der Waals surface area contributed by atoms with Crippen LogP contribution in [0.1, 0.15) is 24.1 Å². The molecule has 138 valence electrons. The summed E-state index contributed by atoms with van der Waals surface area (Å²) in [4.78, 5) is 28.6. The molecule has 1 amide bonds. The normalized spacial score (nSPS) is 20.0. The first kappa shape index (κ1) is 18.3. The molecule has 0 aliphatic carbocycles.